The number of phenols is 1. The van der Waals surface area contributed by atoms with Crippen LogP contribution in [0.15, 0.2) is 23.0 Å². The molecule has 0 spiro atoms. The lowest BCUT2D eigenvalue weighted by molar-refractivity contribution is 0.409. The molecule has 0 saturated carbocycles. The Hall–Kier alpha value is -1.55. The molecule has 4 heteroatoms. The van der Waals surface area contributed by atoms with Crippen LogP contribution in [0.1, 0.15) is 4.88 Å². The van der Waals surface area contributed by atoms with Gasteiger partial charge in [-0.2, -0.15) is 0 Å². The Morgan fingerprint density at radius 1 is 1.33 bits per heavy atom. The van der Waals surface area contributed by atoms with Gasteiger partial charge in [0.15, 0.2) is 5.43 Å². The summed E-state index contributed by atoms with van der Waals surface area (Å²) in [6, 6.07) is 4.74. The molecule has 0 fully saturated rings. The maximum atomic E-state index is 11.6. The lowest BCUT2D eigenvalue weighted by atomic mass is 10.2. The molecule has 0 atom stereocenters. The lowest BCUT2D eigenvalue weighted by Gasteiger charge is -2.04. The zero-order chi connectivity index (χ0) is 11.0. The molecular weight excluding hydrogens is 212 g/mol. The van der Waals surface area contributed by atoms with Crippen molar-refractivity contribution in [1.82, 2.24) is 0 Å². The molecule has 0 saturated heterocycles. The lowest BCUT2D eigenvalue weighted by Crippen LogP contribution is -1.99. The van der Waals surface area contributed by atoms with Crippen molar-refractivity contribution < 1.29 is 9.84 Å². The minimum atomic E-state index is -0.151. The summed E-state index contributed by atoms with van der Waals surface area (Å²) >= 11 is 1.46. The summed E-state index contributed by atoms with van der Waals surface area (Å²) in [6.07, 6.45) is 0. The number of benzene rings is 1. The van der Waals surface area contributed by atoms with E-state index in [9.17, 15) is 9.90 Å². The first kappa shape index (κ1) is 9.98. The molecule has 0 bridgehead atoms. The summed E-state index contributed by atoms with van der Waals surface area (Å²) < 4.78 is 5.77. The highest BCUT2D eigenvalue weighted by Gasteiger charge is 2.08. The number of aryl methyl sites for hydroxylation is 1. The largest absolute Gasteiger partial charge is 0.507 e. The van der Waals surface area contributed by atoms with Gasteiger partial charge in [0.2, 0.25) is 0 Å². The summed E-state index contributed by atoms with van der Waals surface area (Å²) in [4.78, 5) is 12.5. The van der Waals surface area contributed by atoms with E-state index < -0.39 is 0 Å². The van der Waals surface area contributed by atoms with Gasteiger partial charge in [-0.3, -0.25) is 4.79 Å². The zero-order valence-corrected chi connectivity index (χ0v) is 9.22. The maximum absolute atomic E-state index is 11.6. The molecule has 1 heterocycles. The van der Waals surface area contributed by atoms with Gasteiger partial charge in [-0.1, -0.05) is 0 Å². The minimum Gasteiger partial charge on any atom is -0.507 e. The molecule has 1 N–H and O–H groups in total. The Kier molecular flexibility index (Phi) is 2.36. The second kappa shape index (κ2) is 3.55. The van der Waals surface area contributed by atoms with Crippen LogP contribution in [-0.2, 0) is 0 Å². The molecule has 15 heavy (non-hydrogen) atoms. The van der Waals surface area contributed by atoms with Crippen LogP contribution < -0.4 is 10.2 Å². The van der Waals surface area contributed by atoms with E-state index in [-0.39, 0.29) is 11.2 Å². The quantitative estimate of drug-likeness (QED) is 0.805. The molecule has 78 valence electrons. The molecule has 1 aromatic heterocycles. The third-order valence-electron chi connectivity index (χ3n) is 2.14. The zero-order valence-electron chi connectivity index (χ0n) is 8.40. The smallest absolute Gasteiger partial charge is 0.192 e. The summed E-state index contributed by atoms with van der Waals surface area (Å²) in [5.41, 5.74) is -0.151. The van der Waals surface area contributed by atoms with E-state index in [0.717, 1.165) is 9.58 Å². The second-order valence-electron chi connectivity index (χ2n) is 3.24. The third kappa shape index (κ3) is 1.68. The van der Waals surface area contributed by atoms with Crippen molar-refractivity contribution in [3.05, 3.63) is 33.3 Å². The topological polar surface area (TPSA) is 46.5 Å². The number of phenolic OH excluding ortho intramolecular Hbond substituents is 1. The van der Waals surface area contributed by atoms with Gasteiger partial charge in [0.05, 0.1) is 12.5 Å². The number of ether oxygens (including phenoxy) is 1. The number of hydrogen-bond donors (Lipinski definition) is 1. The van der Waals surface area contributed by atoms with Crippen LogP contribution in [0.3, 0.4) is 0 Å². The maximum Gasteiger partial charge on any atom is 0.192 e. The van der Waals surface area contributed by atoms with Crippen molar-refractivity contribution in [3.8, 4) is 11.5 Å². The molecule has 3 nitrogen and oxygen atoms in total. The second-order valence-corrected chi connectivity index (χ2v) is 4.53. The van der Waals surface area contributed by atoms with Crippen LogP contribution in [0.25, 0.3) is 10.1 Å². The predicted molar refractivity (Wildman–Crippen MR) is 61.0 cm³/mol. The fourth-order valence-electron chi connectivity index (χ4n) is 1.48. The van der Waals surface area contributed by atoms with Crippen molar-refractivity contribution in [2.75, 3.05) is 7.11 Å². The molecule has 0 amide bonds. The Morgan fingerprint density at radius 2 is 2.07 bits per heavy atom. The Morgan fingerprint density at radius 3 is 2.73 bits per heavy atom. The average molecular weight is 222 g/mol. The van der Waals surface area contributed by atoms with Gasteiger partial charge in [-0.15, -0.1) is 11.3 Å². The van der Waals surface area contributed by atoms with Crippen LogP contribution in [-0.4, -0.2) is 12.2 Å². The Balaban J connectivity index is 2.91. The van der Waals surface area contributed by atoms with E-state index in [1.807, 2.05) is 6.92 Å². The molecule has 0 aliphatic carbocycles. The van der Waals surface area contributed by atoms with Crippen molar-refractivity contribution in [2.24, 2.45) is 0 Å². The molecule has 0 aliphatic rings. The van der Waals surface area contributed by atoms with Crippen molar-refractivity contribution in [1.29, 1.82) is 0 Å². The highest BCUT2D eigenvalue weighted by molar-refractivity contribution is 7.18. The van der Waals surface area contributed by atoms with Gasteiger partial charge in [0.25, 0.3) is 0 Å². The molecular formula is C11H10O3S. The Labute approximate surface area is 90.6 Å². The summed E-state index contributed by atoms with van der Waals surface area (Å²) in [5.74, 6) is 0.534. The summed E-state index contributed by atoms with van der Waals surface area (Å²) in [6.45, 7) is 1.86. The SMILES string of the molecule is COc1cc(O)c2c(=O)cc(C)sc2c1. The van der Waals surface area contributed by atoms with Gasteiger partial charge in [-0.05, 0) is 19.1 Å². The summed E-state index contributed by atoms with van der Waals surface area (Å²) in [5, 5.41) is 10.0. The van der Waals surface area contributed by atoms with Crippen LogP contribution in [0.4, 0.5) is 0 Å². The van der Waals surface area contributed by atoms with E-state index in [2.05, 4.69) is 0 Å². The third-order valence-corrected chi connectivity index (χ3v) is 3.12. The molecule has 0 aliphatic heterocycles. The van der Waals surface area contributed by atoms with Gasteiger partial charge in [0, 0.05) is 15.6 Å². The molecule has 0 radical (unpaired) electrons. The first-order chi connectivity index (χ1) is 7.11. The van der Waals surface area contributed by atoms with Crippen molar-refractivity contribution >= 4 is 21.4 Å². The van der Waals surface area contributed by atoms with Gasteiger partial charge >= 0.3 is 0 Å². The van der Waals surface area contributed by atoms with Crippen molar-refractivity contribution in [3.63, 3.8) is 0 Å². The van der Waals surface area contributed by atoms with Crippen LogP contribution in [0.5, 0.6) is 11.5 Å². The van der Waals surface area contributed by atoms with E-state index in [4.69, 9.17) is 4.74 Å². The normalized spacial score (nSPS) is 10.5. The van der Waals surface area contributed by atoms with Crippen LogP contribution >= 0.6 is 11.3 Å². The summed E-state index contributed by atoms with van der Waals surface area (Å²) in [7, 11) is 1.53. The molecule has 2 rings (SSSR count). The highest BCUT2D eigenvalue weighted by Crippen LogP contribution is 2.30. The highest BCUT2D eigenvalue weighted by atomic mass is 32.1. The number of rotatable bonds is 1. The molecule has 0 unspecified atom stereocenters. The fraction of sp³-hybridized carbons (Fsp3) is 0.182. The van der Waals surface area contributed by atoms with Gasteiger partial charge in [-0.25, -0.2) is 0 Å². The standard InChI is InChI=1S/C11H10O3S/c1-6-3-8(12)11-9(13)4-7(14-2)5-10(11)15-6/h3-5,13H,1-2H3. The molecule has 2 aromatic rings. The number of fused-ring (bicyclic) bond motifs is 1. The van der Waals surface area contributed by atoms with Crippen LogP contribution in [0, 0.1) is 6.92 Å². The minimum absolute atomic E-state index is 0.0226. The Bertz CT molecular complexity index is 572. The van der Waals surface area contributed by atoms with E-state index in [1.54, 1.807) is 6.07 Å². The van der Waals surface area contributed by atoms with Gasteiger partial charge < -0.3 is 9.84 Å². The van der Waals surface area contributed by atoms with Crippen LogP contribution in [0.2, 0.25) is 0 Å². The average Bonchev–Trinajstić information content (AvgIpc) is 2.15. The predicted octanol–water partition coefficient (Wildman–Crippen LogP) is 2.28. The van der Waals surface area contributed by atoms with Crippen molar-refractivity contribution in [2.45, 2.75) is 6.92 Å². The first-order valence-corrected chi connectivity index (χ1v) is 5.25. The fourth-order valence-corrected chi connectivity index (χ4v) is 2.48. The number of aromatic hydroxyl groups is 1. The number of hydrogen-bond acceptors (Lipinski definition) is 4. The van der Waals surface area contributed by atoms with Gasteiger partial charge in [0.1, 0.15) is 11.5 Å². The molecule has 1 aromatic carbocycles. The number of methoxy groups -OCH3 is 1. The van der Waals surface area contributed by atoms with E-state index in [1.165, 1.54) is 30.6 Å². The van der Waals surface area contributed by atoms with E-state index in [0.29, 0.717) is 11.1 Å². The van der Waals surface area contributed by atoms with E-state index >= 15 is 0 Å². The first-order valence-electron chi connectivity index (χ1n) is 4.43. The monoisotopic (exact) mass is 222 g/mol.